The lowest BCUT2D eigenvalue weighted by Gasteiger charge is -2.13. The Morgan fingerprint density at radius 2 is 1.84 bits per heavy atom. The van der Waals surface area contributed by atoms with Crippen molar-refractivity contribution in [1.29, 1.82) is 0 Å². The Kier molecular flexibility index (Phi) is 6.23. The summed E-state index contributed by atoms with van der Waals surface area (Å²) in [5.41, 5.74) is 2.05. The third-order valence-corrected chi connectivity index (χ3v) is 7.43. The Balaban J connectivity index is 1.54. The van der Waals surface area contributed by atoms with Crippen molar-refractivity contribution in [3.8, 4) is 0 Å². The van der Waals surface area contributed by atoms with E-state index in [1.807, 2.05) is 0 Å². The van der Waals surface area contributed by atoms with E-state index in [9.17, 15) is 17.6 Å². The van der Waals surface area contributed by atoms with Gasteiger partial charge in [0.15, 0.2) is 0 Å². The first-order chi connectivity index (χ1) is 14.9. The number of amides is 1. The van der Waals surface area contributed by atoms with Crippen molar-refractivity contribution in [3.63, 3.8) is 0 Å². The number of benzene rings is 2. The van der Waals surface area contributed by atoms with Gasteiger partial charge in [0.05, 0.1) is 9.79 Å². The molecular formula is C24H25FN2O3S. The van der Waals surface area contributed by atoms with Gasteiger partial charge in [-0.15, -0.1) is 0 Å². The van der Waals surface area contributed by atoms with Crippen LogP contribution in [-0.4, -0.2) is 25.4 Å². The number of hydrogen-bond donors (Lipinski definition) is 1. The molecule has 0 spiro atoms. The fraction of sp³-hybridized carbons (Fsp3) is 0.292. The lowest BCUT2D eigenvalue weighted by molar-refractivity contribution is -0.121. The maximum atomic E-state index is 13.3. The van der Waals surface area contributed by atoms with Gasteiger partial charge in [0.1, 0.15) is 12.4 Å². The molecule has 3 aromatic rings. The predicted octanol–water partition coefficient (Wildman–Crippen LogP) is 4.62. The minimum absolute atomic E-state index is 0.0158. The number of fused-ring (bicyclic) bond motifs is 1. The number of sulfone groups is 1. The van der Waals surface area contributed by atoms with Gasteiger partial charge in [-0.2, -0.15) is 0 Å². The monoisotopic (exact) mass is 440 g/mol. The zero-order valence-electron chi connectivity index (χ0n) is 17.2. The van der Waals surface area contributed by atoms with E-state index in [4.69, 9.17) is 0 Å². The number of hydrogen-bond acceptors (Lipinski definition) is 3. The third kappa shape index (κ3) is 4.71. The van der Waals surface area contributed by atoms with E-state index < -0.39 is 15.7 Å². The summed E-state index contributed by atoms with van der Waals surface area (Å²) in [6.07, 6.45) is 9.27. The number of halogens is 1. The van der Waals surface area contributed by atoms with E-state index in [1.165, 1.54) is 36.7 Å². The van der Waals surface area contributed by atoms with Gasteiger partial charge >= 0.3 is 0 Å². The number of para-hydroxylation sites is 1. The Morgan fingerprint density at radius 1 is 1.06 bits per heavy atom. The van der Waals surface area contributed by atoms with Gasteiger partial charge in [-0.25, -0.2) is 12.8 Å². The van der Waals surface area contributed by atoms with E-state index in [2.05, 4.69) is 11.4 Å². The highest BCUT2D eigenvalue weighted by atomic mass is 32.2. The van der Waals surface area contributed by atoms with E-state index in [0.29, 0.717) is 17.4 Å². The minimum atomic E-state index is -3.86. The van der Waals surface area contributed by atoms with Gasteiger partial charge in [-0.05, 0) is 62.4 Å². The zero-order valence-corrected chi connectivity index (χ0v) is 18.0. The fourth-order valence-corrected chi connectivity index (χ4v) is 5.48. The summed E-state index contributed by atoms with van der Waals surface area (Å²) in [4.78, 5) is 12.6. The molecule has 4 rings (SSSR count). The maximum absolute atomic E-state index is 13.3. The molecule has 0 bridgehead atoms. The van der Waals surface area contributed by atoms with Gasteiger partial charge < -0.3 is 9.88 Å². The number of carbonyl (C=O) groups excluding carboxylic acids is 1. The second-order valence-electron chi connectivity index (χ2n) is 7.80. The molecule has 31 heavy (non-hydrogen) atoms. The maximum Gasteiger partial charge on any atom is 0.239 e. The summed E-state index contributed by atoms with van der Waals surface area (Å²) >= 11 is 0. The van der Waals surface area contributed by atoms with Crippen molar-refractivity contribution in [2.75, 3.05) is 6.54 Å². The summed E-state index contributed by atoms with van der Waals surface area (Å²) in [5, 5.41) is 3.47. The molecule has 0 aliphatic heterocycles. The molecule has 1 aliphatic rings. The summed E-state index contributed by atoms with van der Waals surface area (Å²) in [6.45, 7) is 0.600. The van der Waals surface area contributed by atoms with Gasteiger partial charge in [-0.3, -0.25) is 4.79 Å². The van der Waals surface area contributed by atoms with E-state index >= 15 is 0 Å². The first-order valence-electron chi connectivity index (χ1n) is 10.5. The number of nitrogens with one attached hydrogen (secondary N) is 1. The van der Waals surface area contributed by atoms with Gasteiger partial charge in [0.2, 0.25) is 15.7 Å². The van der Waals surface area contributed by atoms with Crippen molar-refractivity contribution < 1.29 is 17.6 Å². The predicted molar refractivity (Wildman–Crippen MR) is 118 cm³/mol. The van der Waals surface area contributed by atoms with Crippen LogP contribution in [0.3, 0.4) is 0 Å². The number of nitrogens with zero attached hydrogens (tertiary/aromatic N) is 1. The van der Waals surface area contributed by atoms with Crippen LogP contribution in [0.15, 0.2) is 76.2 Å². The summed E-state index contributed by atoms with van der Waals surface area (Å²) < 4.78 is 41.2. The Morgan fingerprint density at radius 3 is 2.58 bits per heavy atom. The zero-order chi connectivity index (χ0) is 21.8. The molecule has 1 heterocycles. The molecule has 0 fully saturated rings. The summed E-state index contributed by atoms with van der Waals surface area (Å²) in [7, 11) is -3.86. The van der Waals surface area contributed by atoms with E-state index in [1.54, 1.807) is 28.8 Å². The lowest BCUT2D eigenvalue weighted by Crippen LogP contribution is -2.28. The molecule has 2 aromatic carbocycles. The molecule has 1 amide bonds. The molecule has 1 N–H and O–H groups in total. The number of aromatic nitrogens is 1. The van der Waals surface area contributed by atoms with E-state index in [-0.39, 0.29) is 22.2 Å². The summed E-state index contributed by atoms with van der Waals surface area (Å²) in [5.74, 6) is -0.662. The van der Waals surface area contributed by atoms with Crippen molar-refractivity contribution >= 4 is 26.6 Å². The second kappa shape index (κ2) is 9.06. The average Bonchev–Trinajstić information content (AvgIpc) is 3.14. The first-order valence-corrected chi connectivity index (χ1v) is 12.0. The molecule has 162 valence electrons. The van der Waals surface area contributed by atoms with Gasteiger partial charge in [-0.1, -0.05) is 29.8 Å². The van der Waals surface area contributed by atoms with Crippen molar-refractivity contribution in [3.05, 3.63) is 72.2 Å². The fourth-order valence-electron chi connectivity index (χ4n) is 4.00. The molecule has 0 saturated heterocycles. The number of rotatable bonds is 7. The van der Waals surface area contributed by atoms with Crippen LogP contribution < -0.4 is 5.32 Å². The van der Waals surface area contributed by atoms with Gasteiger partial charge in [0, 0.05) is 23.6 Å². The van der Waals surface area contributed by atoms with Crippen LogP contribution in [0.4, 0.5) is 4.39 Å². The van der Waals surface area contributed by atoms with Crippen LogP contribution in [0.1, 0.15) is 32.1 Å². The number of allylic oxidation sites excluding steroid dienone is 1. The molecule has 0 atom stereocenters. The van der Waals surface area contributed by atoms with Crippen molar-refractivity contribution in [2.24, 2.45) is 0 Å². The molecule has 0 saturated carbocycles. The van der Waals surface area contributed by atoms with Crippen LogP contribution >= 0.6 is 0 Å². The number of carbonyl (C=O) groups is 1. The Labute approximate surface area is 181 Å². The SMILES string of the molecule is O=C(Cn1cc(S(=O)(=O)c2ccc(F)cc2)c2ccccc21)NCCC1=CCCCC1. The first kappa shape index (κ1) is 21.3. The van der Waals surface area contributed by atoms with Crippen LogP contribution in [0.2, 0.25) is 0 Å². The normalized spacial score (nSPS) is 14.4. The van der Waals surface area contributed by atoms with Crippen molar-refractivity contribution in [1.82, 2.24) is 9.88 Å². The Bertz CT molecular complexity index is 1230. The lowest BCUT2D eigenvalue weighted by atomic mass is 9.97. The highest BCUT2D eigenvalue weighted by Gasteiger charge is 2.24. The second-order valence-corrected chi connectivity index (χ2v) is 9.72. The molecule has 0 unspecified atom stereocenters. The quantitative estimate of drug-likeness (QED) is 0.431. The van der Waals surface area contributed by atoms with Crippen molar-refractivity contribution in [2.45, 2.75) is 48.4 Å². The molecule has 7 heteroatoms. The van der Waals surface area contributed by atoms with Crippen LogP contribution in [0.25, 0.3) is 10.9 Å². The highest BCUT2D eigenvalue weighted by Crippen LogP contribution is 2.30. The Hall–Kier alpha value is -2.93. The highest BCUT2D eigenvalue weighted by molar-refractivity contribution is 7.91. The molecule has 5 nitrogen and oxygen atoms in total. The average molecular weight is 441 g/mol. The van der Waals surface area contributed by atoms with Crippen LogP contribution in [0.5, 0.6) is 0 Å². The van der Waals surface area contributed by atoms with Crippen LogP contribution in [0, 0.1) is 5.82 Å². The smallest absolute Gasteiger partial charge is 0.239 e. The third-order valence-electron chi connectivity index (χ3n) is 5.63. The minimum Gasteiger partial charge on any atom is -0.354 e. The van der Waals surface area contributed by atoms with Gasteiger partial charge in [0.25, 0.3) is 0 Å². The topological polar surface area (TPSA) is 68.2 Å². The largest absolute Gasteiger partial charge is 0.354 e. The summed E-state index contributed by atoms with van der Waals surface area (Å²) in [6, 6.07) is 11.8. The van der Waals surface area contributed by atoms with Crippen LogP contribution in [-0.2, 0) is 21.2 Å². The van der Waals surface area contributed by atoms with E-state index in [0.717, 1.165) is 31.4 Å². The molecule has 1 aliphatic carbocycles. The molecule has 1 aromatic heterocycles. The molecule has 0 radical (unpaired) electrons. The standard InChI is InChI=1S/C24H25FN2O3S/c25-19-10-12-20(13-11-19)31(29,30)23-16-27(22-9-5-4-8-21(22)23)17-24(28)26-15-14-18-6-2-1-3-7-18/h4-6,8-13,16H,1-3,7,14-15,17H2,(H,26,28). The molecular weight excluding hydrogens is 415 g/mol.